The van der Waals surface area contributed by atoms with Crippen LogP contribution in [-0.4, -0.2) is 17.6 Å². The zero-order valence-electron chi connectivity index (χ0n) is 13.1. The van der Waals surface area contributed by atoms with E-state index in [1.54, 1.807) is 0 Å². The van der Waals surface area contributed by atoms with Crippen LogP contribution in [0.3, 0.4) is 0 Å². The fourth-order valence-corrected chi connectivity index (χ4v) is 3.52. The summed E-state index contributed by atoms with van der Waals surface area (Å²) in [6.45, 7) is 2.10. The van der Waals surface area contributed by atoms with Crippen molar-refractivity contribution in [3.05, 3.63) is 77.0 Å². The third kappa shape index (κ3) is 1.93. The zero-order valence-corrected chi connectivity index (χ0v) is 13.1. The van der Waals surface area contributed by atoms with Gasteiger partial charge in [0.15, 0.2) is 0 Å². The highest BCUT2D eigenvalue weighted by Crippen LogP contribution is 2.42. The Kier molecular flexibility index (Phi) is 3.08. The average molecular weight is 303 g/mol. The molecule has 3 nitrogen and oxygen atoms in total. The van der Waals surface area contributed by atoms with Crippen LogP contribution in [0.5, 0.6) is 0 Å². The fraction of sp³-hybridized carbons (Fsp3) is 0.150. The van der Waals surface area contributed by atoms with E-state index in [0.29, 0.717) is 5.57 Å². The van der Waals surface area contributed by atoms with Crippen LogP contribution in [-0.2, 0) is 9.53 Å². The number of carbonyl (C=O) groups excluding carboxylic acids is 1. The highest BCUT2D eigenvalue weighted by Gasteiger charge is 2.34. The van der Waals surface area contributed by atoms with Crippen LogP contribution in [0.25, 0.3) is 17.0 Å². The predicted molar refractivity (Wildman–Crippen MR) is 91.2 cm³/mol. The molecule has 3 aromatic rings. The Morgan fingerprint density at radius 1 is 1.04 bits per heavy atom. The molecule has 3 heteroatoms. The summed E-state index contributed by atoms with van der Waals surface area (Å²) < 4.78 is 7.26. The van der Waals surface area contributed by atoms with E-state index >= 15 is 0 Å². The average Bonchev–Trinajstić information content (AvgIpc) is 3.12. The van der Waals surface area contributed by atoms with Gasteiger partial charge in [0.05, 0.1) is 18.7 Å². The Balaban J connectivity index is 2.02. The predicted octanol–water partition coefficient (Wildman–Crippen LogP) is 4.11. The maximum Gasteiger partial charge on any atom is 0.336 e. The summed E-state index contributed by atoms with van der Waals surface area (Å²) >= 11 is 0. The second kappa shape index (κ2) is 5.13. The van der Waals surface area contributed by atoms with Crippen LogP contribution in [0.15, 0.2) is 60.2 Å². The third-order valence-corrected chi connectivity index (χ3v) is 4.59. The minimum Gasteiger partial charge on any atom is -0.466 e. The van der Waals surface area contributed by atoms with Crippen molar-refractivity contribution in [2.75, 3.05) is 7.11 Å². The third-order valence-electron chi connectivity index (χ3n) is 4.59. The first-order chi connectivity index (χ1) is 11.2. The molecule has 0 bridgehead atoms. The number of fused-ring (bicyclic) bond motifs is 3. The summed E-state index contributed by atoms with van der Waals surface area (Å²) in [7, 11) is 1.43. The number of carbonyl (C=O) groups is 1. The van der Waals surface area contributed by atoms with Gasteiger partial charge in [0.2, 0.25) is 0 Å². The van der Waals surface area contributed by atoms with Crippen molar-refractivity contribution in [2.24, 2.45) is 0 Å². The lowest BCUT2D eigenvalue weighted by Gasteiger charge is -2.19. The van der Waals surface area contributed by atoms with Crippen molar-refractivity contribution < 1.29 is 9.53 Å². The molecular formula is C20H17NO2. The van der Waals surface area contributed by atoms with Crippen LogP contribution < -0.4 is 0 Å². The molecular weight excluding hydrogens is 286 g/mol. The molecule has 1 aliphatic rings. The molecule has 0 unspecified atom stereocenters. The van der Waals surface area contributed by atoms with E-state index in [-0.39, 0.29) is 12.0 Å². The van der Waals surface area contributed by atoms with Gasteiger partial charge >= 0.3 is 5.97 Å². The van der Waals surface area contributed by atoms with E-state index in [4.69, 9.17) is 4.74 Å². The molecule has 0 saturated carbocycles. The van der Waals surface area contributed by atoms with E-state index in [9.17, 15) is 4.79 Å². The Morgan fingerprint density at radius 3 is 2.48 bits per heavy atom. The van der Waals surface area contributed by atoms with Crippen LogP contribution in [0.2, 0.25) is 0 Å². The highest BCUT2D eigenvalue weighted by molar-refractivity contribution is 6.00. The Bertz CT molecular complexity index is 935. The largest absolute Gasteiger partial charge is 0.466 e. The molecule has 1 atom stereocenters. The van der Waals surface area contributed by atoms with E-state index < -0.39 is 0 Å². The molecule has 4 rings (SSSR count). The second-order valence-electron chi connectivity index (χ2n) is 5.80. The van der Waals surface area contributed by atoms with Gasteiger partial charge in [0, 0.05) is 16.6 Å². The van der Waals surface area contributed by atoms with E-state index in [1.165, 1.54) is 18.1 Å². The van der Waals surface area contributed by atoms with Crippen LogP contribution in [0.1, 0.15) is 22.9 Å². The number of rotatable bonds is 2. The van der Waals surface area contributed by atoms with Gasteiger partial charge in [-0.2, -0.15) is 0 Å². The number of aryl methyl sites for hydroxylation is 1. The first-order valence-corrected chi connectivity index (χ1v) is 7.66. The van der Waals surface area contributed by atoms with Crippen LogP contribution in [0.4, 0.5) is 0 Å². The molecule has 1 aromatic heterocycles. The maximum absolute atomic E-state index is 12.3. The molecule has 0 amide bonds. The number of hydrogen-bond donors (Lipinski definition) is 0. The summed E-state index contributed by atoms with van der Waals surface area (Å²) in [6.07, 6.45) is 1.97. The summed E-state index contributed by atoms with van der Waals surface area (Å²) in [6, 6.07) is 18.3. The maximum atomic E-state index is 12.3. The standard InChI is InChI=1S/C20H17NO2/c1-13-15-10-6-7-11-17(15)21-18(13)12-16(20(22)23-2)19(21)14-8-4-3-5-9-14/h3-12,19H,1-2H3/t19-/m0/s1. The van der Waals surface area contributed by atoms with Crippen molar-refractivity contribution in [3.63, 3.8) is 0 Å². The first-order valence-electron chi connectivity index (χ1n) is 7.66. The van der Waals surface area contributed by atoms with Gasteiger partial charge in [-0.05, 0) is 30.2 Å². The number of methoxy groups -OCH3 is 1. The summed E-state index contributed by atoms with van der Waals surface area (Å²) in [5, 5.41) is 1.23. The normalized spacial score (nSPS) is 16.3. The second-order valence-corrected chi connectivity index (χ2v) is 5.80. The fourth-order valence-electron chi connectivity index (χ4n) is 3.52. The molecule has 0 N–H and O–H groups in total. The topological polar surface area (TPSA) is 31.2 Å². The molecule has 0 spiro atoms. The van der Waals surface area contributed by atoms with Crippen molar-refractivity contribution in [1.29, 1.82) is 0 Å². The van der Waals surface area contributed by atoms with E-state index in [0.717, 1.165) is 16.8 Å². The van der Waals surface area contributed by atoms with Gasteiger partial charge in [0.1, 0.15) is 0 Å². The van der Waals surface area contributed by atoms with Crippen molar-refractivity contribution in [1.82, 2.24) is 4.57 Å². The molecule has 23 heavy (non-hydrogen) atoms. The quantitative estimate of drug-likeness (QED) is 0.667. The molecule has 2 aromatic carbocycles. The monoisotopic (exact) mass is 303 g/mol. The van der Waals surface area contributed by atoms with Crippen molar-refractivity contribution >= 4 is 22.9 Å². The zero-order chi connectivity index (χ0) is 16.0. The molecule has 0 fully saturated rings. The number of nitrogens with zero attached hydrogens (tertiary/aromatic N) is 1. The molecule has 0 radical (unpaired) electrons. The lowest BCUT2D eigenvalue weighted by Crippen LogP contribution is -2.16. The molecule has 1 aliphatic heterocycles. The Morgan fingerprint density at radius 2 is 1.74 bits per heavy atom. The number of ether oxygens (including phenoxy) is 1. The van der Waals surface area contributed by atoms with Gasteiger partial charge in [-0.3, -0.25) is 0 Å². The number of hydrogen-bond acceptors (Lipinski definition) is 2. The molecule has 0 saturated heterocycles. The Hall–Kier alpha value is -2.81. The van der Waals surface area contributed by atoms with Gasteiger partial charge in [-0.1, -0.05) is 48.5 Å². The van der Waals surface area contributed by atoms with Crippen LogP contribution >= 0.6 is 0 Å². The number of aromatic nitrogens is 1. The van der Waals surface area contributed by atoms with Gasteiger partial charge in [0.25, 0.3) is 0 Å². The number of para-hydroxylation sites is 1. The summed E-state index contributed by atoms with van der Waals surface area (Å²) in [5.74, 6) is -0.272. The molecule has 2 heterocycles. The first kappa shape index (κ1) is 13.8. The lowest BCUT2D eigenvalue weighted by atomic mass is 9.99. The van der Waals surface area contributed by atoms with Crippen molar-refractivity contribution in [2.45, 2.75) is 13.0 Å². The Labute approximate surface area is 134 Å². The SMILES string of the molecule is COC(=O)C1=Cc2c(C)c3ccccc3n2[C@H]1c1ccccc1. The van der Waals surface area contributed by atoms with Gasteiger partial charge in [-0.25, -0.2) is 4.79 Å². The van der Waals surface area contributed by atoms with Gasteiger partial charge in [-0.15, -0.1) is 0 Å². The van der Waals surface area contributed by atoms with E-state index in [2.05, 4.69) is 35.8 Å². The molecule has 0 aliphatic carbocycles. The summed E-state index contributed by atoms with van der Waals surface area (Å²) in [4.78, 5) is 12.3. The number of esters is 1. The van der Waals surface area contributed by atoms with Gasteiger partial charge < -0.3 is 9.30 Å². The lowest BCUT2D eigenvalue weighted by molar-refractivity contribution is -0.136. The molecule has 114 valence electrons. The smallest absolute Gasteiger partial charge is 0.336 e. The van der Waals surface area contributed by atoms with E-state index in [1.807, 2.05) is 36.4 Å². The highest BCUT2D eigenvalue weighted by atomic mass is 16.5. The number of benzene rings is 2. The van der Waals surface area contributed by atoms with Crippen molar-refractivity contribution in [3.8, 4) is 0 Å². The minimum atomic E-state index is -0.272. The minimum absolute atomic E-state index is 0.141. The van der Waals surface area contributed by atoms with Crippen LogP contribution in [0, 0.1) is 6.92 Å². The summed E-state index contributed by atoms with van der Waals surface area (Å²) in [5.41, 5.74) is 5.19.